The molecule has 0 spiro atoms. The van der Waals surface area contributed by atoms with Crippen LogP contribution in [0.1, 0.15) is 32.8 Å². The Labute approximate surface area is 197 Å². The van der Waals surface area contributed by atoms with Crippen LogP contribution in [0.15, 0.2) is 40.9 Å². The second kappa shape index (κ2) is 8.47. The van der Waals surface area contributed by atoms with Crippen LogP contribution in [0.3, 0.4) is 0 Å². The molecule has 162 valence electrons. The highest BCUT2D eigenvalue weighted by molar-refractivity contribution is 9.10. The number of rotatable bonds is 4. The molecule has 0 saturated carbocycles. The molecule has 1 saturated heterocycles. The van der Waals surface area contributed by atoms with Crippen molar-refractivity contribution >= 4 is 61.9 Å². The molecule has 1 amide bonds. The topological polar surface area (TPSA) is 69.6 Å². The van der Waals surface area contributed by atoms with Crippen molar-refractivity contribution in [1.29, 1.82) is 0 Å². The van der Waals surface area contributed by atoms with E-state index in [0.29, 0.717) is 50.8 Å². The first kappa shape index (κ1) is 22.1. The van der Waals surface area contributed by atoms with Crippen molar-refractivity contribution < 1.29 is 19.1 Å². The Balaban J connectivity index is 1.71. The summed E-state index contributed by atoms with van der Waals surface area (Å²) >= 11 is 15.9. The number of nitrogens with zero attached hydrogens (tertiary/aromatic N) is 1. The van der Waals surface area contributed by atoms with Gasteiger partial charge in [0.25, 0.3) is 5.91 Å². The number of ether oxygens (including phenoxy) is 2. The van der Waals surface area contributed by atoms with Gasteiger partial charge in [-0.1, -0.05) is 29.3 Å². The van der Waals surface area contributed by atoms with Crippen LogP contribution >= 0.6 is 39.1 Å². The number of methoxy groups -OCH3 is 1. The highest BCUT2D eigenvalue weighted by Gasteiger charge is 2.39. The monoisotopic (exact) mass is 524 g/mol. The number of hydrogen-bond acceptors (Lipinski definition) is 4. The van der Waals surface area contributed by atoms with Crippen LogP contribution in [-0.4, -0.2) is 36.8 Å². The molecule has 1 unspecified atom stereocenters. The molecular formula is C22H19BrCl2N2O4. The third-order valence-electron chi connectivity index (χ3n) is 5.65. The number of carbonyl (C=O) groups is 2. The Morgan fingerprint density at radius 2 is 2.00 bits per heavy atom. The Morgan fingerprint density at radius 3 is 2.65 bits per heavy atom. The lowest BCUT2D eigenvalue weighted by molar-refractivity contribution is 0.0599. The van der Waals surface area contributed by atoms with E-state index >= 15 is 0 Å². The molecule has 1 fully saturated rings. The number of amides is 1. The number of fused-ring (bicyclic) bond motifs is 1. The molecule has 0 aliphatic carbocycles. The molecule has 2 aromatic carbocycles. The van der Waals surface area contributed by atoms with Gasteiger partial charge in [-0.15, -0.1) is 0 Å². The summed E-state index contributed by atoms with van der Waals surface area (Å²) in [5.74, 6) is -0.699. The number of halogens is 3. The van der Waals surface area contributed by atoms with Gasteiger partial charge in [-0.25, -0.2) is 4.79 Å². The maximum Gasteiger partial charge on any atom is 0.339 e. The summed E-state index contributed by atoms with van der Waals surface area (Å²) in [6.45, 7) is 0.826. The average Bonchev–Trinajstić information content (AvgIpc) is 3.36. The minimum absolute atomic E-state index is 0.260. The first-order valence-corrected chi connectivity index (χ1v) is 11.0. The molecule has 6 nitrogen and oxygen atoms in total. The molecule has 2 heterocycles. The molecule has 1 aromatic heterocycles. The number of hydrogen-bond donors (Lipinski definition) is 1. The highest BCUT2D eigenvalue weighted by Crippen LogP contribution is 2.35. The van der Waals surface area contributed by atoms with Gasteiger partial charge in [-0.3, -0.25) is 4.79 Å². The predicted octanol–water partition coefficient (Wildman–Crippen LogP) is 5.08. The molecule has 1 aliphatic heterocycles. The van der Waals surface area contributed by atoms with Crippen molar-refractivity contribution in [3.05, 3.63) is 67.7 Å². The predicted molar refractivity (Wildman–Crippen MR) is 123 cm³/mol. The van der Waals surface area contributed by atoms with Crippen LogP contribution in [0.2, 0.25) is 10.0 Å². The summed E-state index contributed by atoms with van der Waals surface area (Å²) in [7, 11) is 3.14. The van der Waals surface area contributed by atoms with Crippen molar-refractivity contribution in [2.45, 2.75) is 12.0 Å². The van der Waals surface area contributed by atoms with Crippen molar-refractivity contribution in [1.82, 2.24) is 9.88 Å². The summed E-state index contributed by atoms with van der Waals surface area (Å²) in [5.41, 5.74) is 1.77. The zero-order valence-electron chi connectivity index (χ0n) is 16.8. The molecular weight excluding hydrogens is 507 g/mol. The normalized spacial score (nSPS) is 18.4. The summed E-state index contributed by atoms with van der Waals surface area (Å²) in [6.07, 6.45) is 0.597. The van der Waals surface area contributed by atoms with Gasteiger partial charge in [0.05, 0.1) is 34.9 Å². The fourth-order valence-electron chi connectivity index (χ4n) is 3.90. The SMILES string of the molecule is COC(=O)c1ccc(C2(NC(=O)c3cc4c(Cl)c(Cl)ccc4n3C)CCOC2)cc1Br. The molecule has 0 bridgehead atoms. The van der Waals surface area contributed by atoms with E-state index < -0.39 is 11.5 Å². The molecule has 9 heteroatoms. The molecule has 3 aromatic rings. The van der Waals surface area contributed by atoms with E-state index in [0.717, 1.165) is 11.1 Å². The van der Waals surface area contributed by atoms with Gasteiger partial charge in [-0.2, -0.15) is 0 Å². The van der Waals surface area contributed by atoms with E-state index in [2.05, 4.69) is 21.2 Å². The molecule has 4 rings (SSSR count). The average molecular weight is 526 g/mol. The Bertz CT molecular complexity index is 1200. The van der Waals surface area contributed by atoms with Crippen LogP contribution < -0.4 is 5.32 Å². The molecule has 31 heavy (non-hydrogen) atoms. The molecule has 1 aliphatic rings. The smallest absolute Gasteiger partial charge is 0.339 e. The van der Waals surface area contributed by atoms with Gasteiger partial charge in [0.2, 0.25) is 0 Å². The van der Waals surface area contributed by atoms with Crippen LogP contribution in [0.25, 0.3) is 10.9 Å². The van der Waals surface area contributed by atoms with Crippen molar-refractivity contribution in [2.24, 2.45) is 7.05 Å². The number of aromatic nitrogens is 1. The van der Waals surface area contributed by atoms with Crippen LogP contribution in [-0.2, 0) is 22.1 Å². The van der Waals surface area contributed by atoms with E-state index in [1.54, 1.807) is 29.8 Å². The maximum atomic E-state index is 13.3. The first-order chi connectivity index (χ1) is 14.8. The minimum atomic E-state index is -0.730. The van der Waals surface area contributed by atoms with Gasteiger partial charge >= 0.3 is 5.97 Å². The first-order valence-electron chi connectivity index (χ1n) is 9.49. The molecule has 1 N–H and O–H groups in total. The Kier molecular flexibility index (Phi) is 6.05. The number of benzene rings is 2. The Morgan fingerprint density at radius 1 is 1.23 bits per heavy atom. The van der Waals surface area contributed by atoms with Gasteiger partial charge in [0.1, 0.15) is 5.69 Å². The minimum Gasteiger partial charge on any atom is -0.465 e. The number of carbonyl (C=O) groups excluding carboxylic acids is 2. The number of aryl methyl sites for hydroxylation is 1. The Hall–Kier alpha value is -2.06. The molecule has 1 atom stereocenters. The summed E-state index contributed by atoms with van der Waals surface area (Å²) in [4.78, 5) is 25.2. The quantitative estimate of drug-likeness (QED) is 0.482. The van der Waals surface area contributed by atoms with E-state index in [-0.39, 0.29) is 5.91 Å². The van der Waals surface area contributed by atoms with Crippen molar-refractivity contribution in [3.63, 3.8) is 0 Å². The van der Waals surface area contributed by atoms with Gasteiger partial charge < -0.3 is 19.4 Å². The summed E-state index contributed by atoms with van der Waals surface area (Å²) in [5, 5.41) is 4.71. The highest BCUT2D eigenvalue weighted by atomic mass is 79.9. The van der Waals surface area contributed by atoms with Crippen LogP contribution in [0, 0.1) is 0 Å². The third-order valence-corrected chi connectivity index (χ3v) is 7.12. The largest absolute Gasteiger partial charge is 0.465 e. The summed E-state index contributed by atoms with van der Waals surface area (Å²) < 4.78 is 12.8. The van der Waals surface area contributed by atoms with E-state index in [9.17, 15) is 9.59 Å². The van der Waals surface area contributed by atoms with Gasteiger partial charge in [0, 0.05) is 35.5 Å². The third kappa shape index (κ3) is 3.84. The second-order valence-corrected chi connectivity index (χ2v) is 9.05. The lowest BCUT2D eigenvalue weighted by atomic mass is 9.88. The fourth-order valence-corrected chi connectivity index (χ4v) is 4.82. The molecule has 0 radical (unpaired) electrons. The zero-order valence-corrected chi connectivity index (χ0v) is 19.9. The lowest BCUT2D eigenvalue weighted by Gasteiger charge is -2.30. The zero-order chi connectivity index (χ0) is 22.3. The maximum absolute atomic E-state index is 13.3. The van der Waals surface area contributed by atoms with E-state index in [1.807, 2.05) is 18.2 Å². The van der Waals surface area contributed by atoms with E-state index in [1.165, 1.54) is 7.11 Å². The van der Waals surface area contributed by atoms with Crippen LogP contribution in [0.4, 0.5) is 0 Å². The standard InChI is InChI=1S/C22H19BrCl2N2O4/c1-27-17-6-5-16(24)19(25)14(17)10-18(27)20(28)26-22(7-8-31-11-22)12-3-4-13(15(23)9-12)21(29)30-2/h3-6,9-10H,7-8,11H2,1-2H3,(H,26,28). The van der Waals surface area contributed by atoms with Gasteiger partial charge in [-0.05, 0) is 51.8 Å². The van der Waals surface area contributed by atoms with Crippen molar-refractivity contribution in [3.8, 4) is 0 Å². The number of esters is 1. The fraction of sp³-hybridized carbons (Fsp3) is 0.273. The van der Waals surface area contributed by atoms with Crippen molar-refractivity contribution in [2.75, 3.05) is 20.3 Å². The van der Waals surface area contributed by atoms with Gasteiger partial charge in [0.15, 0.2) is 0 Å². The van der Waals surface area contributed by atoms with E-state index in [4.69, 9.17) is 32.7 Å². The number of nitrogens with one attached hydrogen (secondary N) is 1. The summed E-state index contributed by atoms with van der Waals surface area (Å²) in [6, 6.07) is 10.6. The second-order valence-electron chi connectivity index (χ2n) is 7.41. The lowest BCUT2D eigenvalue weighted by Crippen LogP contribution is -2.47. The van der Waals surface area contributed by atoms with Crippen LogP contribution in [0.5, 0.6) is 0 Å².